The van der Waals surface area contributed by atoms with Crippen molar-refractivity contribution < 1.29 is 8.42 Å². The van der Waals surface area contributed by atoms with Gasteiger partial charge in [0.25, 0.3) is 0 Å². The lowest BCUT2D eigenvalue weighted by Crippen LogP contribution is -2.24. The third-order valence-corrected chi connectivity index (χ3v) is 4.44. The second-order valence-electron chi connectivity index (χ2n) is 4.33. The number of rotatable bonds is 4. The lowest BCUT2D eigenvalue weighted by atomic mass is 9.91. The third-order valence-electron chi connectivity index (χ3n) is 2.74. The van der Waals surface area contributed by atoms with E-state index >= 15 is 0 Å². The first-order chi connectivity index (χ1) is 7.03. The molecule has 0 aromatic rings. The Hall–Kier alpha value is -0.350. The van der Waals surface area contributed by atoms with Crippen molar-refractivity contribution in [3.05, 3.63) is 11.6 Å². The van der Waals surface area contributed by atoms with E-state index in [2.05, 4.69) is 0 Å². The topological polar surface area (TPSA) is 60.2 Å². The van der Waals surface area contributed by atoms with E-state index in [0.717, 1.165) is 25.7 Å². The summed E-state index contributed by atoms with van der Waals surface area (Å²) in [7, 11) is -2.87. The van der Waals surface area contributed by atoms with Crippen LogP contribution in [-0.2, 0) is 9.84 Å². The molecule has 0 aliphatic heterocycles. The van der Waals surface area contributed by atoms with E-state index in [0.29, 0.717) is 12.2 Å². The summed E-state index contributed by atoms with van der Waals surface area (Å²) in [5, 5.41) is 0. The molecule has 1 aliphatic rings. The molecule has 1 unspecified atom stereocenters. The molecule has 88 valence electrons. The highest BCUT2D eigenvalue weighted by Crippen LogP contribution is 2.22. The van der Waals surface area contributed by atoms with Crippen molar-refractivity contribution in [2.45, 2.75) is 45.1 Å². The molecule has 15 heavy (non-hydrogen) atoms. The van der Waals surface area contributed by atoms with E-state index in [4.69, 9.17) is 5.73 Å². The highest BCUT2D eigenvalue weighted by atomic mass is 32.2. The number of sulfone groups is 1. The van der Waals surface area contributed by atoms with Gasteiger partial charge in [0.15, 0.2) is 9.84 Å². The molecule has 0 aromatic heterocycles. The summed E-state index contributed by atoms with van der Waals surface area (Å²) in [5.74, 6) is 0.492. The smallest absolute Gasteiger partial charge is 0.153 e. The normalized spacial score (nSPS) is 25.7. The molecule has 4 heteroatoms. The Kier molecular flexibility index (Phi) is 4.80. The molecule has 0 saturated heterocycles. The van der Waals surface area contributed by atoms with Crippen LogP contribution in [0, 0.1) is 0 Å². The van der Waals surface area contributed by atoms with Gasteiger partial charge in [0.2, 0.25) is 0 Å². The van der Waals surface area contributed by atoms with Crippen molar-refractivity contribution in [3.8, 4) is 0 Å². The predicted molar refractivity (Wildman–Crippen MR) is 63.5 cm³/mol. The molecule has 1 fully saturated rings. The molecular weight excluding hydrogens is 210 g/mol. The van der Waals surface area contributed by atoms with Crippen LogP contribution in [0.2, 0.25) is 0 Å². The zero-order valence-electron chi connectivity index (χ0n) is 9.41. The molecule has 1 atom stereocenters. The monoisotopic (exact) mass is 231 g/mol. The Morgan fingerprint density at radius 1 is 1.53 bits per heavy atom. The quantitative estimate of drug-likeness (QED) is 0.748. The summed E-state index contributed by atoms with van der Waals surface area (Å²) in [4.78, 5) is 0. The first-order valence-corrected chi connectivity index (χ1v) is 7.49. The van der Waals surface area contributed by atoms with Crippen molar-refractivity contribution in [3.63, 3.8) is 0 Å². The summed E-state index contributed by atoms with van der Waals surface area (Å²) >= 11 is 0. The Morgan fingerprint density at radius 3 is 2.87 bits per heavy atom. The second kappa shape index (κ2) is 5.66. The van der Waals surface area contributed by atoms with Crippen molar-refractivity contribution in [2.24, 2.45) is 5.73 Å². The number of hydrogen-bond acceptors (Lipinski definition) is 3. The molecule has 0 heterocycles. The van der Waals surface area contributed by atoms with Crippen LogP contribution in [-0.4, -0.2) is 26.0 Å². The average Bonchev–Trinajstić information content (AvgIpc) is 2.15. The Morgan fingerprint density at radius 2 is 2.27 bits per heavy atom. The van der Waals surface area contributed by atoms with Crippen LogP contribution in [0.3, 0.4) is 0 Å². The van der Waals surface area contributed by atoms with Crippen molar-refractivity contribution in [1.82, 2.24) is 0 Å². The lowest BCUT2D eigenvalue weighted by molar-refractivity contribution is 0.517. The third kappa shape index (κ3) is 4.80. The minimum atomic E-state index is -2.87. The zero-order chi connectivity index (χ0) is 11.3. The van der Waals surface area contributed by atoms with E-state index in [1.54, 1.807) is 0 Å². The maximum atomic E-state index is 11.5. The Labute approximate surface area is 92.7 Å². The second-order valence-corrected chi connectivity index (χ2v) is 6.56. The minimum absolute atomic E-state index is 0.197. The number of hydrogen-bond donors (Lipinski definition) is 1. The van der Waals surface area contributed by atoms with Crippen LogP contribution >= 0.6 is 0 Å². The van der Waals surface area contributed by atoms with Crippen LogP contribution in [0.1, 0.15) is 39.0 Å². The molecule has 0 radical (unpaired) electrons. The lowest BCUT2D eigenvalue weighted by Gasteiger charge is -2.20. The SMILES string of the molecule is CCCS(=O)(=O)C/C=C1/CCCC(N)C1. The first kappa shape index (κ1) is 12.7. The zero-order valence-corrected chi connectivity index (χ0v) is 10.2. The molecule has 0 spiro atoms. The molecular formula is C11H21NO2S. The van der Waals surface area contributed by atoms with Gasteiger partial charge in [0.05, 0.1) is 11.5 Å². The van der Waals surface area contributed by atoms with Crippen molar-refractivity contribution in [1.29, 1.82) is 0 Å². The van der Waals surface area contributed by atoms with Gasteiger partial charge in [-0.25, -0.2) is 8.42 Å². The fraction of sp³-hybridized carbons (Fsp3) is 0.818. The summed E-state index contributed by atoms with van der Waals surface area (Å²) in [5.41, 5.74) is 7.06. The van der Waals surface area contributed by atoms with Crippen molar-refractivity contribution in [2.75, 3.05) is 11.5 Å². The Bertz CT molecular complexity index is 319. The highest BCUT2D eigenvalue weighted by Gasteiger charge is 2.14. The van der Waals surface area contributed by atoms with Gasteiger partial charge in [0.1, 0.15) is 0 Å². The molecule has 0 amide bonds. The van der Waals surface area contributed by atoms with E-state index in [-0.39, 0.29) is 11.8 Å². The fourth-order valence-electron chi connectivity index (χ4n) is 1.96. The van der Waals surface area contributed by atoms with Crippen LogP contribution in [0.15, 0.2) is 11.6 Å². The van der Waals surface area contributed by atoms with E-state index in [1.165, 1.54) is 5.57 Å². The summed E-state index contributed by atoms with van der Waals surface area (Å²) in [6, 6.07) is 0.235. The molecule has 1 saturated carbocycles. The van der Waals surface area contributed by atoms with Crippen LogP contribution in [0.4, 0.5) is 0 Å². The van der Waals surface area contributed by atoms with Crippen molar-refractivity contribution >= 4 is 9.84 Å². The number of nitrogens with two attached hydrogens (primary N) is 1. The van der Waals surface area contributed by atoms with Gasteiger partial charge in [-0.05, 0) is 32.1 Å². The van der Waals surface area contributed by atoms with Gasteiger partial charge in [-0.3, -0.25) is 0 Å². The predicted octanol–water partition coefficient (Wildman–Crippen LogP) is 1.64. The molecule has 3 nitrogen and oxygen atoms in total. The van der Waals surface area contributed by atoms with Gasteiger partial charge < -0.3 is 5.73 Å². The fourth-order valence-corrected chi connectivity index (χ4v) is 3.24. The van der Waals surface area contributed by atoms with E-state index < -0.39 is 9.84 Å². The van der Waals surface area contributed by atoms with Gasteiger partial charge in [-0.15, -0.1) is 0 Å². The molecule has 1 rings (SSSR count). The maximum absolute atomic E-state index is 11.5. The van der Waals surface area contributed by atoms with Crippen LogP contribution in [0.25, 0.3) is 0 Å². The maximum Gasteiger partial charge on any atom is 0.153 e. The molecule has 0 bridgehead atoms. The average molecular weight is 231 g/mol. The first-order valence-electron chi connectivity index (χ1n) is 5.67. The van der Waals surface area contributed by atoms with Gasteiger partial charge in [0, 0.05) is 6.04 Å². The minimum Gasteiger partial charge on any atom is -0.327 e. The van der Waals surface area contributed by atoms with Crippen LogP contribution in [0.5, 0.6) is 0 Å². The standard InChI is InChI=1S/C11H21NO2S/c1-2-7-15(13,14)8-6-10-4-3-5-11(12)9-10/h6,11H,2-5,7-9,12H2,1H3/b10-6-. The van der Waals surface area contributed by atoms with Gasteiger partial charge in [-0.1, -0.05) is 18.6 Å². The highest BCUT2D eigenvalue weighted by molar-refractivity contribution is 7.91. The van der Waals surface area contributed by atoms with Gasteiger partial charge in [-0.2, -0.15) is 0 Å². The molecule has 1 aliphatic carbocycles. The van der Waals surface area contributed by atoms with Crippen LogP contribution < -0.4 is 5.73 Å². The van der Waals surface area contributed by atoms with E-state index in [1.807, 2.05) is 13.0 Å². The largest absolute Gasteiger partial charge is 0.327 e. The summed E-state index contributed by atoms with van der Waals surface area (Å²) in [6.45, 7) is 1.89. The summed E-state index contributed by atoms with van der Waals surface area (Å²) < 4.78 is 23.0. The molecule has 0 aromatic carbocycles. The van der Waals surface area contributed by atoms with E-state index in [9.17, 15) is 8.42 Å². The molecule has 2 N–H and O–H groups in total. The van der Waals surface area contributed by atoms with Gasteiger partial charge >= 0.3 is 0 Å². The Balaban J connectivity index is 2.49. The summed E-state index contributed by atoms with van der Waals surface area (Å²) in [6.07, 6.45) is 6.64.